The van der Waals surface area contributed by atoms with E-state index in [9.17, 15) is 9.59 Å². The van der Waals surface area contributed by atoms with Gasteiger partial charge in [0, 0.05) is 12.8 Å². The van der Waals surface area contributed by atoms with Crippen molar-refractivity contribution in [1.82, 2.24) is 0 Å². The van der Waals surface area contributed by atoms with Gasteiger partial charge in [0.15, 0.2) is 0 Å². The molecule has 1 atom stereocenters. The Morgan fingerprint density at radius 2 is 0.809 bits per heavy atom. The molecule has 0 heterocycles. The largest absolute Gasteiger partial charge is 0.466 e. The molecule has 0 aromatic heterocycles. The van der Waals surface area contributed by atoms with Crippen LogP contribution in [0.5, 0.6) is 0 Å². The van der Waals surface area contributed by atoms with Gasteiger partial charge in [0.1, 0.15) is 12.7 Å². The molecule has 0 bridgehead atoms. The first-order chi connectivity index (χ1) is 23.0. The second-order valence-electron chi connectivity index (χ2n) is 13.0. The molecule has 6 nitrogen and oxygen atoms in total. The van der Waals surface area contributed by atoms with Gasteiger partial charge in [-0.2, -0.15) is 0 Å². The lowest BCUT2D eigenvalue weighted by molar-refractivity contribution is -0.147. The molecule has 0 fully saturated rings. The Kier molecular flexibility index (Phi) is 42.8. The Labute approximate surface area is 291 Å². The van der Waals surface area contributed by atoms with E-state index >= 15 is 0 Å². The first kappa shape index (κ1) is 47.5. The number of aliphatic hydroxyl groups is 2. The molecule has 47 heavy (non-hydrogen) atoms. The van der Waals surface area contributed by atoms with Gasteiger partial charge in [0.25, 0.3) is 0 Å². The topological polar surface area (TPSA) is 93.1 Å². The SMILES string of the molecule is CCCCCCCC/C=C\CCCCCCCC(=O)OCC.CCCCCCCC/C=C\CCCCCCCC(=O)OCC(O)CO. The Balaban J connectivity index is 0. The predicted molar refractivity (Wildman–Crippen MR) is 200 cm³/mol. The molecule has 0 spiro atoms. The van der Waals surface area contributed by atoms with Crippen LogP contribution in [0.4, 0.5) is 0 Å². The standard InChI is InChI=1S/C21H40O4.C20H38O2/c1-2-3-4-5-6-7-8-9-10-11-12-13-14-15-16-17-21(24)25-19-20(23)18-22;1-3-5-6-7-8-9-10-11-12-13-14-15-16-17-18-19-20(21)22-4-2/h9-10,20,22-23H,2-8,11-19H2,1H3;11-12H,3-10,13-19H2,1-2H3/b10-9-;12-11-. The van der Waals surface area contributed by atoms with E-state index < -0.39 is 6.10 Å². The van der Waals surface area contributed by atoms with E-state index in [0.717, 1.165) is 38.5 Å². The molecule has 0 aliphatic carbocycles. The summed E-state index contributed by atoms with van der Waals surface area (Å²) in [4.78, 5) is 22.5. The van der Waals surface area contributed by atoms with Crippen molar-refractivity contribution in [1.29, 1.82) is 0 Å². The Morgan fingerprint density at radius 3 is 1.15 bits per heavy atom. The summed E-state index contributed by atoms with van der Waals surface area (Å²) in [6.45, 7) is 6.40. The molecular formula is C41H78O6. The fourth-order valence-electron chi connectivity index (χ4n) is 5.23. The summed E-state index contributed by atoms with van der Waals surface area (Å²) >= 11 is 0. The molecule has 6 heteroatoms. The van der Waals surface area contributed by atoms with E-state index in [1.54, 1.807) is 0 Å². The molecule has 0 aliphatic rings. The van der Waals surface area contributed by atoms with Crippen molar-refractivity contribution in [2.75, 3.05) is 19.8 Å². The van der Waals surface area contributed by atoms with Crippen LogP contribution in [0.3, 0.4) is 0 Å². The van der Waals surface area contributed by atoms with Crippen molar-refractivity contribution in [2.24, 2.45) is 0 Å². The highest BCUT2D eigenvalue weighted by atomic mass is 16.5. The number of carbonyl (C=O) groups is 2. The fourth-order valence-corrected chi connectivity index (χ4v) is 5.23. The lowest BCUT2D eigenvalue weighted by atomic mass is 10.1. The normalized spacial score (nSPS) is 11.9. The highest BCUT2D eigenvalue weighted by Gasteiger charge is 2.07. The van der Waals surface area contributed by atoms with Crippen molar-refractivity contribution >= 4 is 11.9 Å². The molecule has 2 N–H and O–H groups in total. The molecule has 0 saturated heterocycles. The lowest BCUT2D eigenvalue weighted by Gasteiger charge is -2.08. The molecule has 278 valence electrons. The number of hydrogen-bond donors (Lipinski definition) is 2. The van der Waals surface area contributed by atoms with Crippen LogP contribution in [0.1, 0.15) is 201 Å². The Morgan fingerprint density at radius 1 is 0.489 bits per heavy atom. The van der Waals surface area contributed by atoms with Gasteiger partial charge >= 0.3 is 11.9 Å². The molecule has 0 saturated carbocycles. The third-order valence-electron chi connectivity index (χ3n) is 8.24. The average molecular weight is 667 g/mol. The maximum absolute atomic E-state index is 11.4. The van der Waals surface area contributed by atoms with Crippen LogP contribution in [-0.2, 0) is 19.1 Å². The van der Waals surface area contributed by atoms with Crippen molar-refractivity contribution in [3.63, 3.8) is 0 Å². The van der Waals surface area contributed by atoms with E-state index in [1.165, 1.54) is 128 Å². The highest BCUT2D eigenvalue weighted by Crippen LogP contribution is 2.12. The maximum atomic E-state index is 11.4. The van der Waals surface area contributed by atoms with Gasteiger partial charge in [-0.25, -0.2) is 0 Å². The number of allylic oxidation sites excluding steroid dienone is 4. The smallest absolute Gasteiger partial charge is 0.305 e. The van der Waals surface area contributed by atoms with Gasteiger partial charge in [-0.15, -0.1) is 0 Å². The molecule has 1 unspecified atom stereocenters. The number of aliphatic hydroxyl groups excluding tert-OH is 2. The van der Waals surface area contributed by atoms with Crippen LogP contribution in [0.2, 0.25) is 0 Å². The van der Waals surface area contributed by atoms with Crippen molar-refractivity contribution in [3.05, 3.63) is 24.3 Å². The first-order valence-electron chi connectivity index (χ1n) is 19.9. The zero-order valence-corrected chi connectivity index (χ0v) is 31.3. The summed E-state index contributed by atoms with van der Waals surface area (Å²) in [5.41, 5.74) is 0. The summed E-state index contributed by atoms with van der Waals surface area (Å²) in [7, 11) is 0. The lowest BCUT2D eigenvalue weighted by Crippen LogP contribution is -2.21. The van der Waals surface area contributed by atoms with Crippen LogP contribution in [0.25, 0.3) is 0 Å². The summed E-state index contributed by atoms with van der Waals surface area (Å²) in [6.07, 6.45) is 42.1. The minimum Gasteiger partial charge on any atom is -0.466 e. The summed E-state index contributed by atoms with van der Waals surface area (Å²) < 4.78 is 9.77. The third-order valence-corrected chi connectivity index (χ3v) is 8.24. The number of unbranched alkanes of at least 4 members (excludes halogenated alkanes) is 22. The van der Waals surface area contributed by atoms with Crippen LogP contribution >= 0.6 is 0 Å². The van der Waals surface area contributed by atoms with Gasteiger partial charge in [0.05, 0.1) is 13.2 Å². The molecule has 0 aliphatic heterocycles. The Hall–Kier alpha value is -1.66. The van der Waals surface area contributed by atoms with Crippen LogP contribution < -0.4 is 0 Å². The van der Waals surface area contributed by atoms with Gasteiger partial charge in [-0.3, -0.25) is 9.59 Å². The molecular weight excluding hydrogens is 588 g/mol. The van der Waals surface area contributed by atoms with E-state index in [1.807, 2.05) is 6.92 Å². The van der Waals surface area contributed by atoms with Crippen molar-refractivity contribution < 1.29 is 29.3 Å². The van der Waals surface area contributed by atoms with Gasteiger partial charge in [-0.1, -0.05) is 141 Å². The van der Waals surface area contributed by atoms with E-state index in [4.69, 9.17) is 19.7 Å². The number of carbonyl (C=O) groups excluding carboxylic acids is 2. The molecule has 0 rings (SSSR count). The van der Waals surface area contributed by atoms with E-state index in [0.29, 0.717) is 19.4 Å². The van der Waals surface area contributed by atoms with Gasteiger partial charge in [0.2, 0.25) is 0 Å². The second-order valence-corrected chi connectivity index (χ2v) is 13.0. The Bertz CT molecular complexity index is 689. The number of ether oxygens (including phenoxy) is 2. The van der Waals surface area contributed by atoms with Crippen LogP contribution in [0.15, 0.2) is 24.3 Å². The summed E-state index contributed by atoms with van der Waals surface area (Å²) in [5, 5.41) is 17.7. The first-order valence-corrected chi connectivity index (χ1v) is 19.9. The van der Waals surface area contributed by atoms with Gasteiger partial charge in [-0.05, 0) is 71.1 Å². The summed E-state index contributed by atoms with van der Waals surface area (Å²) in [6, 6.07) is 0. The summed E-state index contributed by atoms with van der Waals surface area (Å²) in [5.74, 6) is -0.328. The number of esters is 2. The minimum absolute atomic E-state index is 0.0415. The van der Waals surface area contributed by atoms with Crippen molar-refractivity contribution in [3.8, 4) is 0 Å². The van der Waals surface area contributed by atoms with Crippen LogP contribution in [-0.4, -0.2) is 48.1 Å². The zero-order chi connectivity index (χ0) is 34.9. The highest BCUT2D eigenvalue weighted by molar-refractivity contribution is 5.69. The number of hydrogen-bond acceptors (Lipinski definition) is 6. The van der Waals surface area contributed by atoms with Crippen LogP contribution in [0, 0.1) is 0 Å². The molecule has 0 amide bonds. The molecule has 0 aromatic rings. The monoisotopic (exact) mass is 667 g/mol. The third kappa shape index (κ3) is 44.3. The van der Waals surface area contributed by atoms with E-state index in [-0.39, 0.29) is 25.2 Å². The zero-order valence-electron chi connectivity index (χ0n) is 31.3. The van der Waals surface area contributed by atoms with Crippen molar-refractivity contribution in [2.45, 2.75) is 207 Å². The molecule has 0 radical (unpaired) electrons. The predicted octanol–water partition coefficient (Wildman–Crippen LogP) is 11.5. The fraction of sp³-hybridized carbons (Fsp3) is 0.854. The average Bonchev–Trinajstić information content (AvgIpc) is 3.07. The quantitative estimate of drug-likeness (QED) is 0.0403. The van der Waals surface area contributed by atoms with Gasteiger partial charge < -0.3 is 19.7 Å². The number of rotatable bonds is 34. The second kappa shape index (κ2) is 42.4. The maximum Gasteiger partial charge on any atom is 0.305 e. The van der Waals surface area contributed by atoms with E-state index in [2.05, 4.69) is 38.2 Å². The molecule has 0 aromatic carbocycles. The minimum atomic E-state index is -0.960.